The first-order chi connectivity index (χ1) is 18.6. The quantitative estimate of drug-likeness (QED) is 0.161. The number of aromatic hydroxyl groups is 1. The van der Waals surface area contributed by atoms with Gasteiger partial charge in [-0.05, 0) is 35.4 Å². The number of aliphatic hydroxyl groups excluding tert-OH is 8. The highest BCUT2D eigenvalue weighted by Gasteiger charge is 2.46. The molecule has 0 spiro atoms. The van der Waals surface area contributed by atoms with Gasteiger partial charge in [0.2, 0.25) is 12.6 Å². The van der Waals surface area contributed by atoms with Gasteiger partial charge in [0.05, 0.1) is 13.2 Å². The molecule has 0 bridgehead atoms. The smallest absolute Gasteiger partial charge is 0.229 e. The van der Waals surface area contributed by atoms with Gasteiger partial charge in [-0.2, -0.15) is 0 Å². The predicted molar refractivity (Wildman–Crippen MR) is 132 cm³/mol. The van der Waals surface area contributed by atoms with Crippen molar-refractivity contribution in [3.63, 3.8) is 0 Å². The molecule has 0 unspecified atom stereocenters. The Morgan fingerprint density at radius 2 is 1.03 bits per heavy atom. The number of aliphatic hydroxyl groups is 8. The first-order valence-corrected chi connectivity index (χ1v) is 12.2. The zero-order valence-corrected chi connectivity index (χ0v) is 20.5. The van der Waals surface area contributed by atoms with E-state index in [4.69, 9.17) is 18.9 Å². The van der Waals surface area contributed by atoms with Crippen LogP contribution in [0.15, 0.2) is 42.5 Å². The number of rotatable bonds is 8. The van der Waals surface area contributed by atoms with E-state index in [1.165, 1.54) is 30.3 Å². The maximum absolute atomic E-state index is 10.4. The Kier molecular flexibility index (Phi) is 9.40. The number of ether oxygens (including phenoxy) is 4. The summed E-state index contributed by atoms with van der Waals surface area (Å²) >= 11 is 0. The van der Waals surface area contributed by atoms with Crippen LogP contribution in [0, 0.1) is 0 Å². The largest absolute Gasteiger partial charge is 0.508 e. The zero-order chi connectivity index (χ0) is 28.3. The van der Waals surface area contributed by atoms with E-state index in [1.54, 1.807) is 24.3 Å². The monoisotopic (exact) mass is 552 g/mol. The predicted octanol–water partition coefficient (Wildman–Crippen LogP) is -2.08. The van der Waals surface area contributed by atoms with E-state index < -0.39 is 74.6 Å². The summed E-state index contributed by atoms with van der Waals surface area (Å²) in [7, 11) is 0. The molecule has 2 saturated heterocycles. The average Bonchev–Trinajstić information content (AvgIpc) is 2.93. The van der Waals surface area contributed by atoms with Gasteiger partial charge >= 0.3 is 0 Å². The van der Waals surface area contributed by atoms with Crippen molar-refractivity contribution in [2.45, 2.75) is 61.4 Å². The number of phenols is 1. The molecule has 2 aliphatic heterocycles. The molecule has 13 nitrogen and oxygen atoms in total. The minimum Gasteiger partial charge on any atom is -0.508 e. The second kappa shape index (κ2) is 12.6. The van der Waals surface area contributed by atoms with E-state index >= 15 is 0 Å². The lowest BCUT2D eigenvalue weighted by molar-refractivity contribution is -0.278. The van der Waals surface area contributed by atoms with Crippen molar-refractivity contribution in [3.8, 4) is 17.2 Å². The summed E-state index contributed by atoms with van der Waals surface area (Å²) in [5, 5.41) is 89.4. The second-order valence-corrected chi connectivity index (χ2v) is 9.29. The highest BCUT2D eigenvalue weighted by molar-refractivity contribution is 5.71. The van der Waals surface area contributed by atoms with Crippen LogP contribution in [0.5, 0.6) is 17.2 Å². The second-order valence-electron chi connectivity index (χ2n) is 9.29. The standard InChI is InChI=1S/C26H32O13/c27-10-17-19(30)21(32)23(34)25(38-17)36-15-7-13(2-1-12-3-5-14(29)6-4-12)8-16(9-15)37-26-24(35)22(33)20(31)18(11-28)39-26/h1-9,17-35H,10-11H2/t17-,18-,19-,20-,21+,22+,23-,24-,25-,26-/m1/s1. The lowest BCUT2D eigenvalue weighted by Crippen LogP contribution is -2.60. The van der Waals surface area contributed by atoms with E-state index in [9.17, 15) is 46.0 Å². The molecule has 0 radical (unpaired) electrons. The third-order valence-corrected chi connectivity index (χ3v) is 6.47. The minimum atomic E-state index is -1.67. The minimum absolute atomic E-state index is 0.0479. The highest BCUT2D eigenvalue weighted by atomic mass is 16.7. The molecule has 2 heterocycles. The summed E-state index contributed by atoms with van der Waals surface area (Å²) in [5.74, 6) is 0.191. The van der Waals surface area contributed by atoms with Crippen LogP contribution < -0.4 is 9.47 Å². The zero-order valence-electron chi connectivity index (χ0n) is 20.5. The van der Waals surface area contributed by atoms with Gasteiger partial charge in [0.25, 0.3) is 0 Å². The fourth-order valence-corrected chi connectivity index (χ4v) is 4.20. The molecule has 10 atom stereocenters. The number of hydrogen-bond acceptors (Lipinski definition) is 13. The van der Waals surface area contributed by atoms with Crippen LogP contribution in [0.25, 0.3) is 12.2 Å². The molecular weight excluding hydrogens is 520 g/mol. The summed E-state index contributed by atoms with van der Waals surface area (Å²) in [6, 6.07) is 10.7. The van der Waals surface area contributed by atoms with Gasteiger partial charge in [-0.25, -0.2) is 0 Å². The summed E-state index contributed by atoms with van der Waals surface area (Å²) in [6.45, 7) is -1.29. The van der Waals surface area contributed by atoms with E-state index in [0.29, 0.717) is 5.56 Å². The molecule has 2 aliphatic rings. The Labute approximate surface area is 222 Å². The van der Waals surface area contributed by atoms with Crippen molar-refractivity contribution in [2.24, 2.45) is 0 Å². The van der Waals surface area contributed by atoms with E-state index in [1.807, 2.05) is 0 Å². The van der Waals surface area contributed by atoms with Crippen molar-refractivity contribution in [1.29, 1.82) is 0 Å². The van der Waals surface area contributed by atoms with Crippen LogP contribution in [-0.2, 0) is 9.47 Å². The highest BCUT2D eigenvalue weighted by Crippen LogP contribution is 2.31. The molecule has 4 rings (SSSR count). The van der Waals surface area contributed by atoms with Crippen LogP contribution in [-0.4, -0.2) is 121 Å². The van der Waals surface area contributed by atoms with Gasteiger partial charge in [-0.3, -0.25) is 0 Å². The van der Waals surface area contributed by atoms with Crippen LogP contribution in [0.4, 0.5) is 0 Å². The molecule has 13 heteroatoms. The van der Waals surface area contributed by atoms with E-state index in [0.717, 1.165) is 5.56 Å². The third kappa shape index (κ3) is 6.67. The maximum atomic E-state index is 10.4. The number of hydrogen-bond donors (Lipinski definition) is 9. The molecule has 2 aromatic rings. The lowest BCUT2D eigenvalue weighted by atomic mass is 9.99. The molecule has 9 N–H and O–H groups in total. The molecule has 2 fully saturated rings. The first-order valence-electron chi connectivity index (χ1n) is 12.2. The van der Waals surface area contributed by atoms with Crippen LogP contribution in [0.3, 0.4) is 0 Å². The molecule has 0 amide bonds. The molecule has 0 aromatic heterocycles. The van der Waals surface area contributed by atoms with E-state index in [2.05, 4.69) is 0 Å². The van der Waals surface area contributed by atoms with Gasteiger partial charge in [-0.15, -0.1) is 0 Å². The maximum Gasteiger partial charge on any atom is 0.229 e. The van der Waals surface area contributed by atoms with Crippen molar-refractivity contribution in [1.82, 2.24) is 0 Å². The fraction of sp³-hybridized carbons (Fsp3) is 0.462. The van der Waals surface area contributed by atoms with Gasteiger partial charge in [0, 0.05) is 6.07 Å². The molecule has 214 valence electrons. The Morgan fingerprint density at radius 3 is 1.46 bits per heavy atom. The summed E-state index contributed by atoms with van der Waals surface area (Å²) in [5.41, 5.74) is 1.22. The van der Waals surface area contributed by atoms with Crippen molar-refractivity contribution < 1.29 is 64.9 Å². The molecule has 0 aliphatic carbocycles. The molecule has 0 saturated carbocycles. The SMILES string of the molecule is OC[C@H]1O[C@@H](Oc2cc(C=Cc3ccc(O)cc3)cc(O[C@@H]3O[C@H](CO)[C@@H](O)[C@H](O)[C@H]3O)c2)[C@H](O)[C@@H](O)[C@@H]1O. The average molecular weight is 553 g/mol. The number of benzene rings is 2. The first kappa shape index (κ1) is 29.2. The summed E-state index contributed by atoms with van der Waals surface area (Å²) in [4.78, 5) is 0. The van der Waals surface area contributed by atoms with Gasteiger partial charge in [0.15, 0.2) is 0 Å². The van der Waals surface area contributed by atoms with Crippen molar-refractivity contribution >= 4 is 12.2 Å². The van der Waals surface area contributed by atoms with Gasteiger partial charge in [-0.1, -0.05) is 24.3 Å². The van der Waals surface area contributed by atoms with Crippen molar-refractivity contribution in [3.05, 3.63) is 53.6 Å². The topological polar surface area (TPSA) is 219 Å². The molecule has 2 aromatic carbocycles. The third-order valence-electron chi connectivity index (χ3n) is 6.47. The molecule has 39 heavy (non-hydrogen) atoms. The van der Waals surface area contributed by atoms with Crippen LogP contribution >= 0.6 is 0 Å². The Balaban J connectivity index is 1.62. The summed E-state index contributed by atoms with van der Waals surface area (Å²) in [6.07, 6.45) is -11.8. The fourth-order valence-electron chi connectivity index (χ4n) is 4.20. The van der Waals surface area contributed by atoms with E-state index in [-0.39, 0.29) is 17.2 Å². The van der Waals surface area contributed by atoms with Crippen LogP contribution in [0.2, 0.25) is 0 Å². The van der Waals surface area contributed by atoms with Gasteiger partial charge < -0.3 is 64.9 Å². The Morgan fingerprint density at radius 1 is 0.590 bits per heavy atom. The van der Waals surface area contributed by atoms with Crippen molar-refractivity contribution in [2.75, 3.05) is 13.2 Å². The summed E-state index contributed by atoms with van der Waals surface area (Å²) < 4.78 is 22.3. The normalized spacial score (nSPS) is 35.2. The lowest BCUT2D eigenvalue weighted by Gasteiger charge is -2.40. The Hall–Kier alpha value is -2.82. The number of phenolic OH excluding ortho intramolecular Hbond substituents is 1. The van der Waals surface area contributed by atoms with Gasteiger partial charge in [0.1, 0.15) is 66.1 Å². The van der Waals surface area contributed by atoms with Crippen LogP contribution in [0.1, 0.15) is 11.1 Å². The Bertz CT molecular complexity index is 1050. The molecular formula is C26H32O13.